The molecule has 1 heteroatoms. The van der Waals surface area contributed by atoms with Crippen LogP contribution >= 0.6 is 0 Å². The van der Waals surface area contributed by atoms with Crippen molar-refractivity contribution in [1.82, 2.24) is 0 Å². The van der Waals surface area contributed by atoms with Crippen LogP contribution in [0, 0.1) is 6.92 Å². The highest BCUT2D eigenvalue weighted by Gasteiger charge is 2.16. The quantitative estimate of drug-likeness (QED) is 0.609. The van der Waals surface area contributed by atoms with Crippen molar-refractivity contribution in [3.63, 3.8) is 0 Å². The van der Waals surface area contributed by atoms with E-state index in [4.69, 9.17) is 2.74 Å². The predicted octanol–water partition coefficient (Wildman–Crippen LogP) is 6.56. The molecule has 120 valence electrons. The van der Waals surface area contributed by atoms with Gasteiger partial charge in [0.2, 0.25) is 0 Å². The first kappa shape index (κ1) is 13.5. The van der Waals surface area contributed by atoms with Crippen LogP contribution in [0.25, 0.3) is 11.1 Å². The van der Waals surface area contributed by atoms with E-state index in [9.17, 15) is 0 Å². The van der Waals surface area contributed by atoms with Crippen LogP contribution < -0.4 is 0 Å². The molecule has 0 aromatic heterocycles. The summed E-state index contributed by atoms with van der Waals surface area (Å²) < 4.78 is 17.1. The molecule has 1 aliphatic heterocycles. The molecule has 0 amide bonds. The third kappa shape index (κ3) is 2.97. The summed E-state index contributed by atoms with van der Waals surface area (Å²) in [5.41, 5.74) is 8.67. The monoisotopic (exact) mass is 307 g/mol. The number of benzene rings is 2. The number of rotatable bonds is 3. The average Bonchev–Trinajstić information content (AvgIpc) is 2.84. The minimum atomic E-state index is -0.703. The minimum Gasteiger partial charge on any atom is -0.257 e. The Morgan fingerprint density at radius 2 is 1.52 bits per heavy atom. The van der Waals surface area contributed by atoms with Crippen LogP contribution in [-0.4, -0.2) is 5.71 Å². The highest BCUT2D eigenvalue weighted by atomic mass is 14.8. The molecule has 0 spiro atoms. The van der Waals surface area contributed by atoms with E-state index in [1.807, 2.05) is 34.6 Å². The van der Waals surface area contributed by atoms with Gasteiger partial charge in [-0.3, -0.25) is 4.99 Å². The molecule has 0 saturated carbocycles. The summed E-state index contributed by atoms with van der Waals surface area (Å²) in [4.78, 5) is 4.64. The van der Waals surface area contributed by atoms with Crippen molar-refractivity contribution in [2.24, 2.45) is 4.99 Å². The van der Waals surface area contributed by atoms with Gasteiger partial charge in [0.15, 0.2) is 0 Å². The van der Waals surface area contributed by atoms with Gasteiger partial charge in [-0.15, -0.1) is 0 Å². The maximum Gasteiger partial charge on any atom is 0.0671 e. The minimum absolute atomic E-state index is 0.703. The predicted molar refractivity (Wildman–Crippen MR) is 101 cm³/mol. The van der Waals surface area contributed by atoms with E-state index in [0.29, 0.717) is 0 Å². The lowest BCUT2D eigenvalue weighted by Gasteiger charge is -2.19. The van der Waals surface area contributed by atoms with Crippen molar-refractivity contribution in [3.05, 3.63) is 52.6 Å². The van der Waals surface area contributed by atoms with E-state index in [1.165, 1.54) is 5.56 Å². The largest absolute Gasteiger partial charge is 0.257 e. The van der Waals surface area contributed by atoms with E-state index in [2.05, 4.69) is 42.2 Å². The van der Waals surface area contributed by atoms with Gasteiger partial charge in [0.25, 0.3) is 0 Å². The van der Waals surface area contributed by atoms with Crippen molar-refractivity contribution >= 4 is 11.4 Å². The summed E-state index contributed by atoms with van der Waals surface area (Å²) in [5.74, 6) is -1.41. The molecule has 0 saturated heterocycles. The van der Waals surface area contributed by atoms with E-state index in [-0.39, 0.29) is 0 Å². The van der Waals surface area contributed by atoms with E-state index in [1.54, 1.807) is 0 Å². The second-order valence-electron chi connectivity index (χ2n) is 7.06. The van der Waals surface area contributed by atoms with E-state index < -0.39 is 11.8 Å². The molecule has 23 heavy (non-hydrogen) atoms. The van der Waals surface area contributed by atoms with Gasteiger partial charge in [0.05, 0.1) is 5.69 Å². The summed E-state index contributed by atoms with van der Waals surface area (Å²) in [6.07, 6.45) is 0.930. The normalized spacial score (nSPS) is 15.8. The van der Waals surface area contributed by atoms with Gasteiger partial charge >= 0.3 is 0 Å². The van der Waals surface area contributed by atoms with Crippen molar-refractivity contribution in [1.29, 1.82) is 0 Å². The van der Waals surface area contributed by atoms with Crippen molar-refractivity contribution < 1.29 is 2.74 Å². The Kier molecular flexibility index (Phi) is 3.51. The molecule has 0 bridgehead atoms. The van der Waals surface area contributed by atoms with Crippen LogP contribution in [0.1, 0.15) is 71.4 Å². The topological polar surface area (TPSA) is 12.4 Å². The smallest absolute Gasteiger partial charge is 0.0671 e. The second-order valence-corrected chi connectivity index (χ2v) is 7.06. The summed E-state index contributed by atoms with van der Waals surface area (Å²) >= 11 is 0. The lowest BCUT2D eigenvalue weighted by atomic mass is 9.86. The highest BCUT2D eigenvalue weighted by molar-refractivity contribution is 5.93. The fourth-order valence-electron chi connectivity index (χ4n) is 3.44. The summed E-state index contributed by atoms with van der Waals surface area (Å²) in [5, 5.41) is 0. The standard InChI is InChI=1S/C22H27N/c1-13(2)20-10-19(11-21(14(3)4)16(20)6)17-7-8-18-9-15(5)23-22(18)12-17/h7-8,10-14H,9H2,1-6H3/i13D,14D. The highest BCUT2D eigenvalue weighted by Crippen LogP contribution is 2.36. The fourth-order valence-corrected chi connectivity index (χ4v) is 3.44. The third-order valence-corrected chi connectivity index (χ3v) is 4.66. The van der Waals surface area contributed by atoms with Crippen LogP contribution in [0.2, 0.25) is 0 Å². The molecule has 0 unspecified atom stereocenters. The summed E-state index contributed by atoms with van der Waals surface area (Å²) in [6.45, 7) is 11.8. The fraction of sp³-hybridized carbons (Fsp3) is 0.409. The lowest BCUT2D eigenvalue weighted by Crippen LogP contribution is -2.00. The second kappa shape index (κ2) is 5.96. The molecule has 0 aliphatic carbocycles. The maximum atomic E-state index is 8.54. The Hall–Kier alpha value is -1.89. The Balaban J connectivity index is 2.22. The number of nitrogens with zero attached hydrogens (tertiary/aromatic N) is 1. The Morgan fingerprint density at radius 1 is 0.913 bits per heavy atom. The molecule has 1 nitrogen and oxygen atoms in total. The summed E-state index contributed by atoms with van der Waals surface area (Å²) in [7, 11) is 0. The van der Waals surface area contributed by atoms with Gasteiger partial charge in [-0.2, -0.15) is 0 Å². The molecule has 0 atom stereocenters. The zero-order valence-corrected chi connectivity index (χ0v) is 15.0. The first-order valence-electron chi connectivity index (χ1n) is 9.30. The van der Waals surface area contributed by atoms with Gasteiger partial charge < -0.3 is 0 Å². The molecule has 0 N–H and O–H groups in total. The number of hydrogen-bond acceptors (Lipinski definition) is 1. The molecule has 1 heterocycles. The molecule has 3 rings (SSSR count). The molecule has 2 aromatic carbocycles. The SMILES string of the molecule is [2H]C(C)(C)c1cc(-c2ccc3c(c2)N=C(C)C3)cc(C([2H])(C)C)c1C. The van der Waals surface area contributed by atoms with Crippen molar-refractivity contribution in [2.45, 2.75) is 59.8 Å². The van der Waals surface area contributed by atoms with Gasteiger partial charge in [0, 0.05) is 14.9 Å². The first-order chi connectivity index (χ1) is 11.5. The van der Waals surface area contributed by atoms with Gasteiger partial charge in [-0.1, -0.05) is 52.0 Å². The van der Waals surface area contributed by atoms with Crippen LogP contribution in [-0.2, 0) is 6.42 Å². The van der Waals surface area contributed by atoms with E-state index in [0.717, 1.165) is 45.6 Å². The van der Waals surface area contributed by atoms with Crippen LogP contribution in [0.15, 0.2) is 35.3 Å². The number of aliphatic imine (C=N–C) groups is 1. The Morgan fingerprint density at radius 3 is 2.09 bits per heavy atom. The van der Waals surface area contributed by atoms with Crippen LogP contribution in [0.4, 0.5) is 5.69 Å². The molecule has 0 radical (unpaired) electrons. The summed E-state index contributed by atoms with van der Waals surface area (Å²) in [6, 6.07) is 10.7. The zero-order valence-electron chi connectivity index (χ0n) is 17.0. The number of fused-ring (bicyclic) bond motifs is 1. The maximum absolute atomic E-state index is 8.54. The van der Waals surface area contributed by atoms with Gasteiger partial charge in [-0.25, -0.2) is 0 Å². The third-order valence-electron chi connectivity index (χ3n) is 4.66. The molecular weight excluding hydrogens is 278 g/mol. The van der Waals surface area contributed by atoms with Crippen LogP contribution in [0.5, 0.6) is 0 Å². The Labute approximate surface area is 143 Å². The van der Waals surface area contributed by atoms with Crippen LogP contribution in [0.3, 0.4) is 0 Å². The first-order valence-corrected chi connectivity index (χ1v) is 8.30. The Bertz CT molecular complexity index is 830. The molecule has 1 aliphatic rings. The van der Waals surface area contributed by atoms with Gasteiger partial charge in [0.1, 0.15) is 0 Å². The molecule has 0 fully saturated rings. The lowest BCUT2D eigenvalue weighted by molar-refractivity contribution is 0.818. The zero-order chi connectivity index (χ0) is 18.6. The van der Waals surface area contributed by atoms with E-state index >= 15 is 0 Å². The number of hydrogen-bond donors (Lipinski definition) is 0. The van der Waals surface area contributed by atoms with Crippen molar-refractivity contribution in [2.75, 3.05) is 0 Å². The van der Waals surface area contributed by atoms with Gasteiger partial charge in [-0.05, 0) is 65.1 Å². The van der Waals surface area contributed by atoms with Crippen molar-refractivity contribution in [3.8, 4) is 11.1 Å². The molecular formula is C22H27N. The average molecular weight is 307 g/mol. The molecule has 2 aromatic rings.